The van der Waals surface area contributed by atoms with Crippen LogP contribution in [0.3, 0.4) is 0 Å². The van der Waals surface area contributed by atoms with Gasteiger partial charge in [0.25, 0.3) is 5.89 Å². The number of amides is 1. The summed E-state index contributed by atoms with van der Waals surface area (Å²) in [6, 6.07) is 16.1. The predicted molar refractivity (Wildman–Crippen MR) is 106 cm³/mol. The number of hydrogen-bond donors (Lipinski definition) is 1. The summed E-state index contributed by atoms with van der Waals surface area (Å²) < 4.78 is 11.4. The van der Waals surface area contributed by atoms with Crippen LogP contribution in [0.4, 0.5) is 0 Å². The highest BCUT2D eigenvalue weighted by Crippen LogP contribution is 2.32. The van der Waals surface area contributed by atoms with Crippen LogP contribution in [-0.2, 0) is 6.42 Å². The van der Waals surface area contributed by atoms with Crippen molar-refractivity contribution >= 4 is 16.9 Å². The van der Waals surface area contributed by atoms with Gasteiger partial charge in [-0.3, -0.25) is 4.79 Å². The van der Waals surface area contributed by atoms with Crippen LogP contribution in [0.25, 0.3) is 22.6 Å². The number of nitrogens with one attached hydrogen (secondary N) is 1. The first-order chi connectivity index (χ1) is 13.6. The molecule has 0 saturated carbocycles. The molecule has 4 aromatic rings. The fraction of sp³-hybridized carbons (Fsp3) is 0.227. The van der Waals surface area contributed by atoms with Crippen molar-refractivity contribution < 1.29 is 13.6 Å². The first-order valence-electron chi connectivity index (χ1n) is 9.27. The zero-order chi connectivity index (χ0) is 19.5. The van der Waals surface area contributed by atoms with Crippen molar-refractivity contribution in [2.75, 3.05) is 6.54 Å². The first kappa shape index (κ1) is 18.0. The summed E-state index contributed by atoms with van der Waals surface area (Å²) in [7, 11) is 0. The Hall–Kier alpha value is -3.41. The molecule has 2 heterocycles. The van der Waals surface area contributed by atoms with Gasteiger partial charge >= 0.3 is 11.8 Å². The van der Waals surface area contributed by atoms with Crippen molar-refractivity contribution in [2.45, 2.75) is 26.7 Å². The molecule has 4 rings (SSSR count). The number of rotatable bonds is 6. The summed E-state index contributed by atoms with van der Waals surface area (Å²) in [4.78, 5) is 12.3. The van der Waals surface area contributed by atoms with Crippen molar-refractivity contribution in [3.8, 4) is 11.7 Å². The van der Waals surface area contributed by atoms with Crippen molar-refractivity contribution in [2.24, 2.45) is 0 Å². The normalized spacial score (nSPS) is 11.1. The number of aryl methyl sites for hydroxylation is 3. The number of aromatic nitrogens is 2. The van der Waals surface area contributed by atoms with Gasteiger partial charge in [-0.05, 0) is 44.4 Å². The first-order valence-corrected chi connectivity index (χ1v) is 9.27. The van der Waals surface area contributed by atoms with Crippen molar-refractivity contribution in [1.82, 2.24) is 15.5 Å². The highest BCUT2D eigenvalue weighted by molar-refractivity contribution is 5.90. The summed E-state index contributed by atoms with van der Waals surface area (Å²) in [5.41, 5.74) is 4.05. The maximum absolute atomic E-state index is 12.3. The maximum Gasteiger partial charge on any atom is 0.308 e. The number of hydrogen-bond acceptors (Lipinski definition) is 5. The molecule has 2 aromatic heterocycles. The van der Waals surface area contributed by atoms with E-state index in [0.29, 0.717) is 12.3 Å². The fourth-order valence-electron chi connectivity index (χ4n) is 3.16. The van der Waals surface area contributed by atoms with Crippen LogP contribution in [0, 0.1) is 13.8 Å². The summed E-state index contributed by atoms with van der Waals surface area (Å²) in [6.45, 7) is 4.50. The van der Waals surface area contributed by atoms with Crippen LogP contribution in [0.5, 0.6) is 0 Å². The van der Waals surface area contributed by atoms with E-state index in [1.807, 2.05) is 50.2 Å². The number of fused-ring (bicyclic) bond motifs is 1. The second kappa shape index (κ2) is 7.68. The highest BCUT2D eigenvalue weighted by atomic mass is 16.4. The molecule has 0 radical (unpaired) electrons. The number of carbonyl (C=O) groups excluding carboxylic acids is 1. The van der Waals surface area contributed by atoms with Crippen molar-refractivity contribution in [1.29, 1.82) is 0 Å². The van der Waals surface area contributed by atoms with Gasteiger partial charge in [-0.25, -0.2) is 0 Å². The molecule has 0 bridgehead atoms. The zero-order valence-electron chi connectivity index (χ0n) is 15.9. The lowest BCUT2D eigenvalue weighted by molar-refractivity contribution is 0.0919. The monoisotopic (exact) mass is 375 g/mol. The minimum atomic E-state index is -0.378. The predicted octanol–water partition coefficient (Wildman–Crippen LogP) is 4.46. The molecule has 6 heteroatoms. The van der Waals surface area contributed by atoms with Gasteiger partial charge in [0.05, 0.1) is 0 Å². The van der Waals surface area contributed by atoms with E-state index in [1.165, 1.54) is 5.56 Å². The molecular weight excluding hydrogens is 354 g/mol. The topological polar surface area (TPSA) is 81.2 Å². The average molecular weight is 375 g/mol. The van der Waals surface area contributed by atoms with E-state index in [9.17, 15) is 4.79 Å². The highest BCUT2D eigenvalue weighted by Gasteiger charge is 2.21. The van der Waals surface area contributed by atoms with Crippen LogP contribution in [0.15, 0.2) is 57.4 Å². The Kier molecular flexibility index (Phi) is 4.93. The van der Waals surface area contributed by atoms with E-state index in [4.69, 9.17) is 8.83 Å². The van der Waals surface area contributed by atoms with Crippen LogP contribution >= 0.6 is 0 Å². The Bertz CT molecular complexity index is 1110. The number of furan rings is 1. The maximum atomic E-state index is 12.3. The molecule has 0 spiro atoms. The van der Waals surface area contributed by atoms with Crippen molar-refractivity contribution in [3.63, 3.8) is 0 Å². The lowest BCUT2D eigenvalue weighted by Gasteiger charge is -2.02. The van der Waals surface area contributed by atoms with E-state index in [0.717, 1.165) is 34.9 Å². The molecule has 0 fully saturated rings. The lowest BCUT2D eigenvalue weighted by atomic mass is 10.1. The summed E-state index contributed by atoms with van der Waals surface area (Å²) in [5.74, 6) is 0.263. The van der Waals surface area contributed by atoms with Gasteiger partial charge in [0.1, 0.15) is 5.58 Å². The molecule has 1 amide bonds. The number of carbonyl (C=O) groups is 1. The zero-order valence-corrected chi connectivity index (χ0v) is 15.9. The summed E-state index contributed by atoms with van der Waals surface area (Å²) >= 11 is 0. The average Bonchev–Trinajstić information content (AvgIpc) is 3.31. The van der Waals surface area contributed by atoms with Crippen LogP contribution in [0.2, 0.25) is 0 Å². The Morgan fingerprint density at radius 1 is 1.04 bits per heavy atom. The minimum Gasteiger partial charge on any atom is -0.451 e. The molecule has 2 aromatic carbocycles. The Labute approximate surface area is 162 Å². The SMILES string of the molecule is Cc1ccc2oc(-c3nnc(C(=O)NCCCc4ccccc4)o3)c(C)c2c1. The molecule has 28 heavy (non-hydrogen) atoms. The third kappa shape index (κ3) is 3.67. The second-order valence-corrected chi connectivity index (χ2v) is 6.81. The quantitative estimate of drug-likeness (QED) is 0.503. The molecule has 0 atom stereocenters. The van der Waals surface area contributed by atoms with E-state index in [1.54, 1.807) is 0 Å². The minimum absolute atomic E-state index is 0.0641. The standard InChI is InChI=1S/C22H21N3O3/c1-14-10-11-18-17(13-14)15(2)19(27-18)21-24-25-22(28-21)20(26)23-12-6-9-16-7-4-3-5-8-16/h3-5,7-8,10-11,13H,6,9,12H2,1-2H3,(H,23,26). The van der Waals surface area contributed by atoms with E-state index in [2.05, 4.69) is 27.6 Å². The van der Waals surface area contributed by atoms with Gasteiger partial charge < -0.3 is 14.2 Å². The van der Waals surface area contributed by atoms with Crippen molar-refractivity contribution in [3.05, 3.63) is 71.1 Å². The molecule has 6 nitrogen and oxygen atoms in total. The van der Waals surface area contributed by atoms with Gasteiger partial charge in [0.2, 0.25) is 0 Å². The number of benzene rings is 2. The van der Waals surface area contributed by atoms with Crippen LogP contribution in [-0.4, -0.2) is 22.6 Å². The van der Waals surface area contributed by atoms with E-state index >= 15 is 0 Å². The van der Waals surface area contributed by atoms with Gasteiger partial charge in [0.15, 0.2) is 5.76 Å². The van der Waals surface area contributed by atoms with Gasteiger partial charge in [-0.1, -0.05) is 42.0 Å². The third-order valence-corrected chi connectivity index (χ3v) is 4.68. The number of nitrogens with zero attached hydrogens (tertiary/aromatic N) is 2. The van der Waals surface area contributed by atoms with E-state index < -0.39 is 0 Å². The van der Waals surface area contributed by atoms with E-state index in [-0.39, 0.29) is 17.7 Å². The Morgan fingerprint density at radius 2 is 1.86 bits per heavy atom. The summed E-state index contributed by atoms with van der Waals surface area (Å²) in [5, 5.41) is 11.7. The lowest BCUT2D eigenvalue weighted by Crippen LogP contribution is -2.25. The molecular formula is C22H21N3O3. The molecule has 0 saturated heterocycles. The molecule has 0 aliphatic rings. The Morgan fingerprint density at radius 3 is 2.68 bits per heavy atom. The molecule has 0 unspecified atom stereocenters. The summed E-state index contributed by atoms with van der Waals surface area (Å²) in [6.07, 6.45) is 1.73. The van der Waals surface area contributed by atoms with Gasteiger partial charge in [0, 0.05) is 17.5 Å². The largest absolute Gasteiger partial charge is 0.451 e. The smallest absolute Gasteiger partial charge is 0.308 e. The molecule has 0 aliphatic heterocycles. The van der Waals surface area contributed by atoms with Gasteiger partial charge in [-0.15, -0.1) is 10.2 Å². The van der Waals surface area contributed by atoms with Crippen LogP contribution in [0.1, 0.15) is 33.8 Å². The second-order valence-electron chi connectivity index (χ2n) is 6.81. The molecule has 1 N–H and O–H groups in total. The Balaban J connectivity index is 1.41. The third-order valence-electron chi connectivity index (χ3n) is 4.68. The fourth-order valence-corrected chi connectivity index (χ4v) is 3.16. The molecule has 0 aliphatic carbocycles. The molecule has 142 valence electrons. The van der Waals surface area contributed by atoms with Crippen LogP contribution < -0.4 is 5.32 Å². The van der Waals surface area contributed by atoms with Gasteiger partial charge in [-0.2, -0.15) is 0 Å².